The first-order chi connectivity index (χ1) is 33.6. The van der Waals surface area contributed by atoms with Gasteiger partial charge in [0.25, 0.3) is 0 Å². The molecule has 9 N–H and O–H groups in total. The van der Waals surface area contributed by atoms with Crippen LogP contribution in [-0.2, 0) is 33.6 Å². The van der Waals surface area contributed by atoms with Gasteiger partial charge in [-0.3, -0.25) is 14.9 Å². The summed E-state index contributed by atoms with van der Waals surface area (Å²) in [5.41, 5.74) is 12.9. The van der Waals surface area contributed by atoms with Gasteiger partial charge in [-0.2, -0.15) is 0 Å². The molecule has 3 aliphatic heterocycles. The van der Waals surface area contributed by atoms with Crippen LogP contribution in [0.15, 0.2) is 101 Å². The van der Waals surface area contributed by atoms with Crippen molar-refractivity contribution in [2.45, 2.75) is 166 Å². The lowest BCUT2D eigenvalue weighted by molar-refractivity contribution is -0.169. The lowest BCUT2D eigenvalue weighted by Crippen LogP contribution is -2.59. The predicted molar refractivity (Wildman–Crippen MR) is 275 cm³/mol. The summed E-state index contributed by atoms with van der Waals surface area (Å²) in [5.74, 6) is 5.40. The summed E-state index contributed by atoms with van der Waals surface area (Å²) in [6, 6.07) is 13.0. The van der Waals surface area contributed by atoms with Crippen molar-refractivity contribution in [2.75, 3.05) is 19.7 Å². The molecule has 1 amide bonds. The van der Waals surface area contributed by atoms with E-state index in [-0.39, 0.29) is 55.2 Å². The quantitative estimate of drug-likeness (QED) is 0.115. The number of aliphatic hydroxyl groups is 4. The molecular formula is C59H78N4O7. The van der Waals surface area contributed by atoms with E-state index in [9.17, 15) is 25.2 Å². The van der Waals surface area contributed by atoms with E-state index in [2.05, 4.69) is 78.6 Å². The molecule has 11 heteroatoms. The number of amides is 1. The second-order valence-corrected chi connectivity index (χ2v) is 21.5. The zero-order valence-corrected chi connectivity index (χ0v) is 41.9. The molecule has 0 unspecified atom stereocenters. The number of fused-ring (bicyclic) bond motifs is 7. The molecule has 2 bridgehead atoms. The molecule has 0 aromatic heterocycles. The van der Waals surface area contributed by atoms with Crippen LogP contribution in [0.4, 0.5) is 0 Å². The Hall–Kier alpha value is -4.48. The Kier molecular flexibility index (Phi) is 16.7. The van der Waals surface area contributed by atoms with Gasteiger partial charge in [-0.1, -0.05) is 110 Å². The van der Waals surface area contributed by atoms with Crippen molar-refractivity contribution in [3.63, 3.8) is 0 Å². The number of carbonyl (C=O) groups excluding carboxylic acids is 2. The van der Waals surface area contributed by atoms with Crippen LogP contribution < -0.4 is 21.7 Å². The van der Waals surface area contributed by atoms with Gasteiger partial charge in [-0.05, 0) is 154 Å². The third-order valence-electron chi connectivity index (χ3n) is 17.0. The number of Topliss-reactive ketones (excluding diaryl/α,β-unsaturated/α-hetero) is 1. The standard InChI is InChI=1S/C59H78N4O7/c1-6-61-49-27-22-36(2)13-7-8-30-70-51-21-12-18-42-34-59(55(67)53(42)46(51)19-9-14-37(49)3)48-26-25-43(64)32-40-16-10-15-39(31-40)23-24-44(65)35-62-54-52-41(17-11-20-47(52)56(60)63-57(54)68)33-50(66)38(4)45(48)28-29-58(59,5)69/h9-11,14-17,19-20,22,31,42-44,48-49,51,53-56,61-62,64-65,67,69H,3,6,12-13,18,21,23-30,32-35,60H2,1-2,4-5H3,(H,63,68)/b14-9+,36-22+,45-38+,46-19?/t42-,43-,44-,48-,49-,51-,53-,54+,55-,56+,58-,59-/m1/s1. The normalized spacial score (nSPS) is 37.2. The van der Waals surface area contributed by atoms with Crippen LogP contribution in [0.5, 0.6) is 0 Å². The molecule has 2 aromatic carbocycles. The number of likely N-dealkylation sites (N-methyl/N-ethyl adjacent to an activating group) is 1. The fourth-order valence-electron chi connectivity index (χ4n) is 13.2. The van der Waals surface area contributed by atoms with Crippen molar-refractivity contribution in [1.29, 1.82) is 0 Å². The number of benzene rings is 2. The second-order valence-electron chi connectivity index (χ2n) is 21.5. The third-order valence-corrected chi connectivity index (χ3v) is 17.0. The van der Waals surface area contributed by atoms with Crippen LogP contribution in [0.3, 0.4) is 0 Å². The molecule has 0 saturated heterocycles. The maximum Gasteiger partial charge on any atom is 0.243 e. The SMILES string of the molecule is C=C1/C=C/C=C2[C@H]3[C@H](CCC[C@H]2OCC#CC/C(C)=C/C[C@H]1NCC)C[C@@]1([C@@H]2CC[C@@H](O)Cc4cccc(c4)CC[C@@H](O)CN[C@@H]4C(=O)N[C@H](N)c5cccc(c54)CC(=O)/C(C)=C/2CC[C@@]1(C)O)[C@@H]3O. The summed E-state index contributed by atoms with van der Waals surface area (Å²) in [6.45, 7) is 13.7. The summed E-state index contributed by atoms with van der Waals surface area (Å²) >= 11 is 0. The van der Waals surface area contributed by atoms with E-state index >= 15 is 4.79 Å². The molecule has 3 fully saturated rings. The average Bonchev–Trinajstić information content (AvgIpc) is 3.50. The topological polar surface area (TPSA) is 186 Å². The molecule has 8 rings (SSSR count). The highest BCUT2D eigenvalue weighted by molar-refractivity contribution is 5.98. The van der Waals surface area contributed by atoms with Gasteiger partial charge in [-0.25, -0.2) is 0 Å². The van der Waals surface area contributed by atoms with Crippen molar-refractivity contribution < 1.29 is 34.8 Å². The molecule has 6 aliphatic rings. The minimum absolute atomic E-state index is 0.0110. The number of rotatable bonds is 2. The molecule has 11 nitrogen and oxygen atoms in total. The monoisotopic (exact) mass is 955 g/mol. The van der Waals surface area contributed by atoms with Crippen molar-refractivity contribution in [2.24, 2.45) is 28.9 Å². The van der Waals surface area contributed by atoms with E-state index in [1.165, 1.54) is 5.57 Å². The summed E-state index contributed by atoms with van der Waals surface area (Å²) in [4.78, 5) is 28.7. The highest BCUT2D eigenvalue weighted by atomic mass is 16.5. The number of aryl methyl sites for hydroxylation is 1. The number of hydrogen-bond donors (Lipinski definition) is 8. The van der Waals surface area contributed by atoms with E-state index in [0.29, 0.717) is 80.1 Å². The summed E-state index contributed by atoms with van der Waals surface area (Å²) in [5, 5.41) is 59.4. The van der Waals surface area contributed by atoms with Gasteiger partial charge in [0.2, 0.25) is 5.91 Å². The van der Waals surface area contributed by atoms with Gasteiger partial charge in [0.15, 0.2) is 5.78 Å². The molecule has 12 atom stereocenters. The number of β-amino-alcohol motifs (C(OH)–C–C–N with tert-alkyl or cyclic N) is 1. The van der Waals surface area contributed by atoms with Crippen molar-refractivity contribution in [3.8, 4) is 11.8 Å². The number of aliphatic hydroxyl groups excluding tert-OH is 3. The van der Waals surface area contributed by atoms with Crippen LogP contribution >= 0.6 is 0 Å². The Morgan fingerprint density at radius 3 is 2.60 bits per heavy atom. The number of allylic oxidation sites excluding steroid dienone is 5. The Labute approximate surface area is 416 Å². The molecule has 3 aliphatic carbocycles. The number of nitrogens with one attached hydrogen (secondary N) is 3. The lowest BCUT2D eigenvalue weighted by Gasteiger charge is -2.56. The van der Waals surface area contributed by atoms with Crippen LogP contribution in [0.1, 0.15) is 138 Å². The third kappa shape index (κ3) is 11.0. The molecule has 0 radical (unpaired) electrons. The summed E-state index contributed by atoms with van der Waals surface area (Å²) < 4.78 is 6.68. The van der Waals surface area contributed by atoms with Crippen molar-refractivity contribution >= 4 is 11.7 Å². The first kappa shape index (κ1) is 51.9. The van der Waals surface area contributed by atoms with Crippen molar-refractivity contribution in [1.82, 2.24) is 16.0 Å². The summed E-state index contributed by atoms with van der Waals surface area (Å²) in [7, 11) is 0. The molecule has 70 heavy (non-hydrogen) atoms. The first-order valence-electron chi connectivity index (χ1n) is 26.1. The number of carbonyl (C=O) groups is 2. The zero-order chi connectivity index (χ0) is 49.7. The Balaban J connectivity index is 1.22. The van der Waals surface area contributed by atoms with E-state index in [1.54, 1.807) is 0 Å². The van der Waals surface area contributed by atoms with E-state index < -0.39 is 47.5 Å². The predicted octanol–water partition coefficient (Wildman–Crippen LogP) is 7.00. The van der Waals surface area contributed by atoms with Gasteiger partial charge in [0, 0.05) is 36.8 Å². The Bertz CT molecular complexity index is 2460. The molecule has 376 valence electrons. The van der Waals surface area contributed by atoms with E-state index in [4.69, 9.17) is 10.5 Å². The zero-order valence-electron chi connectivity index (χ0n) is 41.9. The average molecular weight is 955 g/mol. The Morgan fingerprint density at radius 2 is 1.79 bits per heavy atom. The highest BCUT2D eigenvalue weighted by Crippen LogP contribution is 2.66. The molecule has 2 aromatic rings. The fourth-order valence-corrected chi connectivity index (χ4v) is 13.2. The van der Waals surface area contributed by atoms with Crippen LogP contribution in [0.25, 0.3) is 0 Å². The highest BCUT2D eigenvalue weighted by Gasteiger charge is 2.67. The lowest BCUT2D eigenvalue weighted by atomic mass is 9.52. The smallest absolute Gasteiger partial charge is 0.243 e. The molecule has 1 spiro atoms. The van der Waals surface area contributed by atoms with Gasteiger partial charge >= 0.3 is 0 Å². The Morgan fingerprint density at radius 1 is 0.986 bits per heavy atom. The maximum absolute atomic E-state index is 15.0. The van der Waals surface area contributed by atoms with Crippen LogP contribution in [0, 0.1) is 35.0 Å². The molecule has 3 heterocycles. The number of ether oxygens (including phenoxy) is 1. The van der Waals surface area contributed by atoms with Gasteiger partial charge in [0.1, 0.15) is 18.8 Å². The maximum atomic E-state index is 15.0. The molecular weight excluding hydrogens is 877 g/mol. The fraction of sp³-hybridized carbons (Fsp3) is 0.559. The minimum atomic E-state index is -1.31. The summed E-state index contributed by atoms with van der Waals surface area (Å²) in [6.07, 6.45) is 12.6. The van der Waals surface area contributed by atoms with Gasteiger partial charge in [-0.15, -0.1) is 0 Å². The van der Waals surface area contributed by atoms with E-state index in [0.717, 1.165) is 60.1 Å². The number of ketones is 1. The first-order valence-corrected chi connectivity index (χ1v) is 26.1. The van der Waals surface area contributed by atoms with E-state index in [1.807, 2.05) is 50.2 Å². The van der Waals surface area contributed by atoms with Crippen LogP contribution in [0.2, 0.25) is 0 Å². The number of hydrogen-bond acceptors (Lipinski definition) is 10. The number of nitrogens with two attached hydrogens (primary N) is 1. The van der Waals surface area contributed by atoms with Crippen molar-refractivity contribution in [3.05, 3.63) is 129 Å². The van der Waals surface area contributed by atoms with Gasteiger partial charge < -0.3 is 41.5 Å². The molecule has 3 saturated carbocycles. The minimum Gasteiger partial charge on any atom is -0.393 e. The van der Waals surface area contributed by atoms with Gasteiger partial charge in [0.05, 0.1) is 30.0 Å². The largest absolute Gasteiger partial charge is 0.393 e. The van der Waals surface area contributed by atoms with Crippen LogP contribution in [-0.4, -0.2) is 87.9 Å². The second kappa shape index (κ2) is 22.5.